The van der Waals surface area contributed by atoms with E-state index in [0.29, 0.717) is 24.4 Å². The van der Waals surface area contributed by atoms with Crippen LogP contribution in [0.15, 0.2) is 23.1 Å². The van der Waals surface area contributed by atoms with Gasteiger partial charge in [-0.25, -0.2) is 8.42 Å². The fraction of sp³-hybridized carbons (Fsp3) is 0.562. The van der Waals surface area contributed by atoms with Crippen molar-refractivity contribution in [2.24, 2.45) is 0 Å². The van der Waals surface area contributed by atoms with Gasteiger partial charge in [-0.2, -0.15) is 4.31 Å². The topological polar surface area (TPSA) is 78.5 Å². The van der Waals surface area contributed by atoms with Gasteiger partial charge in [0, 0.05) is 31.2 Å². The van der Waals surface area contributed by atoms with Crippen LogP contribution in [-0.4, -0.2) is 44.8 Å². The highest BCUT2D eigenvalue weighted by molar-refractivity contribution is 7.89. The molecule has 8 heteroatoms. The molecule has 2 N–H and O–H groups in total. The van der Waals surface area contributed by atoms with Gasteiger partial charge in [0.15, 0.2) is 0 Å². The van der Waals surface area contributed by atoms with Crippen LogP contribution in [0.1, 0.15) is 31.2 Å². The molecule has 3 rings (SSSR count). The molecule has 134 valence electrons. The molecule has 1 amide bonds. The van der Waals surface area contributed by atoms with Crippen molar-refractivity contribution in [2.45, 2.75) is 43.0 Å². The number of fused-ring (bicyclic) bond motifs is 1. The van der Waals surface area contributed by atoms with Crippen molar-refractivity contribution >= 4 is 34.0 Å². The lowest BCUT2D eigenvalue weighted by Gasteiger charge is -2.24. The molecule has 6 nitrogen and oxygen atoms in total. The number of sulfonamides is 1. The predicted octanol–water partition coefficient (Wildman–Crippen LogP) is 1.76. The van der Waals surface area contributed by atoms with Crippen molar-refractivity contribution in [2.75, 3.05) is 25.5 Å². The van der Waals surface area contributed by atoms with Crippen LogP contribution in [0.2, 0.25) is 0 Å². The first-order valence-electron chi connectivity index (χ1n) is 8.11. The summed E-state index contributed by atoms with van der Waals surface area (Å²) in [4.78, 5) is 11.9. The summed E-state index contributed by atoms with van der Waals surface area (Å²) in [5.74, 6) is -0.00650. The molecule has 1 fully saturated rings. The van der Waals surface area contributed by atoms with Crippen LogP contribution in [0.3, 0.4) is 0 Å². The molecule has 1 aromatic carbocycles. The molecule has 1 atom stereocenters. The van der Waals surface area contributed by atoms with Crippen LogP contribution < -0.4 is 10.6 Å². The summed E-state index contributed by atoms with van der Waals surface area (Å²) < 4.78 is 27.5. The van der Waals surface area contributed by atoms with Crippen molar-refractivity contribution in [3.63, 3.8) is 0 Å². The van der Waals surface area contributed by atoms with E-state index >= 15 is 0 Å². The lowest BCUT2D eigenvalue weighted by Crippen LogP contribution is -2.40. The van der Waals surface area contributed by atoms with Crippen molar-refractivity contribution in [3.05, 3.63) is 23.8 Å². The van der Waals surface area contributed by atoms with E-state index in [2.05, 4.69) is 10.6 Å². The number of hydrogen-bond acceptors (Lipinski definition) is 4. The zero-order valence-electron chi connectivity index (χ0n) is 13.7. The molecule has 0 spiro atoms. The molecule has 1 aromatic rings. The van der Waals surface area contributed by atoms with E-state index < -0.39 is 10.0 Å². The number of carbonyl (C=O) groups excluding carboxylic acids is 1. The Balaban J connectivity index is 0.00000208. The molecule has 2 heterocycles. The Kier molecular flexibility index (Phi) is 6.25. The van der Waals surface area contributed by atoms with Crippen molar-refractivity contribution in [1.29, 1.82) is 0 Å². The lowest BCUT2D eigenvalue weighted by molar-refractivity contribution is -0.116. The van der Waals surface area contributed by atoms with Crippen LogP contribution in [0.5, 0.6) is 0 Å². The Labute approximate surface area is 149 Å². The van der Waals surface area contributed by atoms with Gasteiger partial charge < -0.3 is 10.6 Å². The third-order valence-corrected chi connectivity index (χ3v) is 6.52. The minimum absolute atomic E-state index is 0. The summed E-state index contributed by atoms with van der Waals surface area (Å²) in [6, 6.07) is 5.07. The zero-order valence-corrected chi connectivity index (χ0v) is 15.4. The average Bonchev–Trinajstić information content (AvgIpc) is 2.90. The average molecular weight is 374 g/mol. The summed E-state index contributed by atoms with van der Waals surface area (Å²) in [7, 11) is -1.65. The molecule has 1 unspecified atom stereocenters. The molecule has 0 radical (unpaired) electrons. The number of hydrogen-bond donors (Lipinski definition) is 2. The van der Waals surface area contributed by atoms with Gasteiger partial charge >= 0.3 is 0 Å². The van der Waals surface area contributed by atoms with E-state index in [1.807, 2.05) is 7.05 Å². The number of likely N-dealkylation sites (N-methyl/N-ethyl adjacent to an activating group) is 1. The highest BCUT2D eigenvalue weighted by Crippen LogP contribution is 2.30. The standard InChI is InChI=1S/C16H23N3O3S.ClH/c1-17-11-13-5-3-9-19(13)23(21,22)14-7-8-15-12(10-14)4-2-6-16(20)18-15;/h7-8,10,13,17H,2-6,9,11H2,1H3,(H,18,20);1H. The number of aryl methyl sites for hydroxylation is 1. The fourth-order valence-corrected chi connectivity index (χ4v) is 5.16. The van der Waals surface area contributed by atoms with Gasteiger partial charge in [-0.05, 0) is 56.5 Å². The molecular formula is C16H24ClN3O3S. The van der Waals surface area contributed by atoms with Crippen molar-refractivity contribution < 1.29 is 13.2 Å². The maximum atomic E-state index is 13.0. The van der Waals surface area contributed by atoms with Gasteiger partial charge in [0.25, 0.3) is 0 Å². The molecule has 1 saturated heterocycles. The maximum Gasteiger partial charge on any atom is 0.243 e. The largest absolute Gasteiger partial charge is 0.326 e. The molecule has 0 aliphatic carbocycles. The van der Waals surface area contributed by atoms with E-state index in [1.165, 1.54) is 0 Å². The quantitative estimate of drug-likeness (QED) is 0.842. The minimum atomic E-state index is -3.49. The van der Waals surface area contributed by atoms with Gasteiger partial charge in [-0.3, -0.25) is 4.79 Å². The zero-order chi connectivity index (χ0) is 16.4. The molecule has 2 aliphatic heterocycles. The number of nitrogens with one attached hydrogen (secondary N) is 2. The summed E-state index contributed by atoms with van der Waals surface area (Å²) >= 11 is 0. The molecule has 2 aliphatic rings. The second kappa shape index (κ2) is 7.82. The molecule has 0 bridgehead atoms. The second-order valence-electron chi connectivity index (χ2n) is 6.19. The van der Waals surface area contributed by atoms with E-state index in [1.54, 1.807) is 22.5 Å². The van der Waals surface area contributed by atoms with Crippen molar-refractivity contribution in [3.8, 4) is 0 Å². The van der Waals surface area contributed by atoms with Crippen LogP contribution in [-0.2, 0) is 21.2 Å². The van der Waals surface area contributed by atoms with E-state index in [4.69, 9.17) is 0 Å². The van der Waals surface area contributed by atoms with Crippen LogP contribution in [0.25, 0.3) is 0 Å². The SMILES string of the molecule is CNCC1CCCN1S(=O)(=O)c1ccc2c(c1)CCCC(=O)N2.Cl. The van der Waals surface area contributed by atoms with Gasteiger partial charge in [0.2, 0.25) is 15.9 Å². The Morgan fingerprint density at radius 3 is 2.83 bits per heavy atom. The number of nitrogens with zero attached hydrogens (tertiary/aromatic N) is 1. The number of rotatable bonds is 4. The van der Waals surface area contributed by atoms with Gasteiger partial charge in [0.1, 0.15) is 0 Å². The third kappa shape index (κ3) is 3.74. The van der Waals surface area contributed by atoms with Gasteiger partial charge in [-0.15, -0.1) is 12.4 Å². The van der Waals surface area contributed by atoms with Gasteiger partial charge in [-0.1, -0.05) is 0 Å². The number of carbonyl (C=O) groups is 1. The highest BCUT2D eigenvalue weighted by Gasteiger charge is 2.35. The van der Waals surface area contributed by atoms with Crippen molar-refractivity contribution in [1.82, 2.24) is 9.62 Å². The number of halogens is 1. The Morgan fingerprint density at radius 2 is 2.08 bits per heavy atom. The van der Waals surface area contributed by atoms with E-state index in [0.717, 1.165) is 36.9 Å². The Morgan fingerprint density at radius 1 is 1.29 bits per heavy atom. The first-order chi connectivity index (χ1) is 11.0. The second-order valence-corrected chi connectivity index (χ2v) is 8.08. The molecular weight excluding hydrogens is 350 g/mol. The number of amides is 1. The first kappa shape index (κ1) is 19.2. The number of benzene rings is 1. The number of anilines is 1. The van der Waals surface area contributed by atoms with Crippen LogP contribution >= 0.6 is 12.4 Å². The van der Waals surface area contributed by atoms with Gasteiger partial charge in [0.05, 0.1) is 4.90 Å². The smallest absolute Gasteiger partial charge is 0.243 e. The third-order valence-electron chi connectivity index (χ3n) is 4.57. The van der Waals surface area contributed by atoms with Crippen LogP contribution in [0, 0.1) is 0 Å². The fourth-order valence-electron chi connectivity index (χ4n) is 3.41. The highest BCUT2D eigenvalue weighted by atomic mass is 35.5. The summed E-state index contributed by atoms with van der Waals surface area (Å²) in [6.45, 7) is 1.24. The predicted molar refractivity (Wildman–Crippen MR) is 96.1 cm³/mol. The minimum Gasteiger partial charge on any atom is -0.326 e. The van der Waals surface area contributed by atoms with E-state index in [-0.39, 0.29) is 24.4 Å². The molecule has 24 heavy (non-hydrogen) atoms. The molecule has 0 aromatic heterocycles. The maximum absolute atomic E-state index is 13.0. The first-order valence-corrected chi connectivity index (χ1v) is 9.55. The monoisotopic (exact) mass is 373 g/mol. The van der Waals surface area contributed by atoms with Crippen LogP contribution in [0.4, 0.5) is 5.69 Å². The summed E-state index contributed by atoms with van der Waals surface area (Å²) in [5.41, 5.74) is 1.64. The summed E-state index contributed by atoms with van der Waals surface area (Å²) in [5, 5.41) is 5.91. The normalized spacial score (nSPS) is 21.5. The Bertz CT molecular complexity index is 709. The van der Waals surface area contributed by atoms with E-state index in [9.17, 15) is 13.2 Å². The summed E-state index contributed by atoms with van der Waals surface area (Å²) in [6.07, 6.45) is 3.73. The Hall–Kier alpha value is -1.15. The lowest BCUT2D eigenvalue weighted by atomic mass is 10.1. The molecule has 0 saturated carbocycles.